The molecule has 0 aromatic rings. The third-order valence-electron chi connectivity index (χ3n) is 3.33. The number of carbonyl (C=O) groups is 1. The second kappa shape index (κ2) is 7.70. The molecule has 1 heterocycles. The molecule has 19 heavy (non-hydrogen) atoms. The largest absolute Gasteiger partial charge is 0.389 e. The van der Waals surface area contributed by atoms with Crippen LogP contribution in [0.25, 0.3) is 0 Å². The zero-order chi connectivity index (χ0) is 14.3. The van der Waals surface area contributed by atoms with Gasteiger partial charge in [0.1, 0.15) is 0 Å². The normalized spacial score (nSPS) is 17.6. The van der Waals surface area contributed by atoms with Gasteiger partial charge in [0.05, 0.1) is 5.60 Å². The number of unbranched alkanes of at least 4 members (excludes halogenated alkanes) is 2. The van der Waals surface area contributed by atoms with Crippen molar-refractivity contribution in [2.24, 2.45) is 0 Å². The molecule has 1 aliphatic rings. The van der Waals surface area contributed by atoms with E-state index in [0.29, 0.717) is 6.54 Å². The highest BCUT2D eigenvalue weighted by Crippen LogP contribution is 2.08. The van der Waals surface area contributed by atoms with Gasteiger partial charge in [0, 0.05) is 39.3 Å². The average Bonchev–Trinajstić information content (AvgIpc) is 2.33. The van der Waals surface area contributed by atoms with E-state index >= 15 is 0 Å². The highest BCUT2D eigenvalue weighted by Gasteiger charge is 2.24. The molecule has 5 nitrogen and oxygen atoms in total. The highest BCUT2D eigenvalue weighted by molar-refractivity contribution is 5.74. The molecular formula is C14H29N3O2. The fourth-order valence-corrected chi connectivity index (χ4v) is 2.34. The van der Waals surface area contributed by atoms with Crippen molar-refractivity contribution in [2.75, 3.05) is 39.3 Å². The van der Waals surface area contributed by atoms with Gasteiger partial charge < -0.3 is 15.3 Å². The summed E-state index contributed by atoms with van der Waals surface area (Å²) in [7, 11) is 0. The lowest BCUT2D eigenvalue weighted by Gasteiger charge is -2.37. The molecule has 112 valence electrons. The second-order valence-electron chi connectivity index (χ2n) is 6.01. The Kier molecular flexibility index (Phi) is 6.58. The zero-order valence-corrected chi connectivity index (χ0v) is 12.6. The minimum absolute atomic E-state index is 0.0546. The number of hydrogen-bond donors (Lipinski definition) is 2. The molecule has 0 aliphatic carbocycles. The molecule has 0 spiro atoms. The van der Waals surface area contributed by atoms with Gasteiger partial charge in [-0.05, 0) is 20.3 Å². The summed E-state index contributed by atoms with van der Waals surface area (Å²) in [6, 6.07) is 0.0546. The molecule has 0 saturated carbocycles. The Labute approximate surface area is 117 Å². The molecule has 1 fully saturated rings. The average molecular weight is 271 g/mol. The van der Waals surface area contributed by atoms with E-state index in [1.165, 1.54) is 12.8 Å². The lowest BCUT2D eigenvalue weighted by atomic mass is 10.1. The first-order valence-electron chi connectivity index (χ1n) is 7.40. The van der Waals surface area contributed by atoms with Crippen LogP contribution in [0, 0.1) is 0 Å². The van der Waals surface area contributed by atoms with Crippen molar-refractivity contribution in [1.29, 1.82) is 0 Å². The van der Waals surface area contributed by atoms with Crippen LogP contribution in [0.1, 0.15) is 40.0 Å². The van der Waals surface area contributed by atoms with Crippen LogP contribution in [0.15, 0.2) is 0 Å². The van der Waals surface area contributed by atoms with Crippen LogP contribution in [0.5, 0.6) is 0 Å². The van der Waals surface area contributed by atoms with E-state index in [-0.39, 0.29) is 6.03 Å². The SMILES string of the molecule is CCCCCNC(=O)N1CCN(CC(C)(C)O)CC1. The first-order chi connectivity index (χ1) is 8.92. The van der Waals surface area contributed by atoms with E-state index in [0.717, 1.165) is 39.1 Å². The fourth-order valence-electron chi connectivity index (χ4n) is 2.34. The number of β-amino-alcohol motifs (C(OH)–C–C–N with tert-alkyl or cyclic N) is 1. The summed E-state index contributed by atoms with van der Waals surface area (Å²) in [5.74, 6) is 0. The zero-order valence-electron chi connectivity index (χ0n) is 12.6. The fraction of sp³-hybridized carbons (Fsp3) is 0.929. The topological polar surface area (TPSA) is 55.8 Å². The van der Waals surface area contributed by atoms with Crippen molar-refractivity contribution >= 4 is 6.03 Å². The minimum atomic E-state index is -0.662. The lowest BCUT2D eigenvalue weighted by molar-refractivity contribution is 0.0225. The van der Waals surface area contributed by atoms with E-state index in [9.17, 15) is 9.90 Å². The van der Waals surface area contributed by atoms with Gasteiger partial charge in [0.15, 0.2) is 0 Å². The van der Waals surface area contributed by atoms with E-state index in [1.807, 2.05) is 18.7 Å². The number of piperazine rings is 1. The maximum atomic E-state index is 11.9. The van der Waals surface area contributed by atoms with Crippen LogP contribution < -0.4 is 5.32 Å². The summed E-state index contributed by atoms with van der Waals surface area (Å²) in [6.45, 7) is 10.4. The number of carbonyl (C=O) groups excluding carboxylic acids is 1. The van der Waals surface area contributed by atoms with Crippen LogP contribution >= 0.6 is 0 Å². The van der Waals surface area contributed by atoms with Gasteiger partial charge in [0.25, 0.3) is 0 Å². The maximum Gasteiger partial charge on any atom is 0.317 e. The number of amides is 2. The van der Waals surface area contributed by atoms with Gasteiger partial charge >= 0.3 is 6.03 Å². The summed E-state index contributed by atoms with van der Waals surface area (Å²) in [5, 5.41) is 12.7. The van der Waals surface area contributed by atoms with Crippen molar-refractivity contribution in [2.45, 2.75) is 45.6 Å². The quantitative estimate of drug-likeness (QED) is 0.715. The Morgan fingerprint density at radius 3 is 2.37 bits per heavy atom. The molecule has 1 saturated heterocycles. The van der Waals surface area contributed by atoms with Crippen LogP contribution in [-0.4, -0.2) is 65.8 Å². The molecule has 0 radical (unpaired) electrons. The first-order valence-corrected chi connectivity index (χ1v) is 7.40. The van der Waals surface area contributed by atoms with Crippen molar-refractivity contribution < 1.29 is 9.90 Å². The molecule has 0 bridgehead atoms. The van der Waals surface area contributed by atoms with Crippen LogP contribution in [0.2, 0.25) is 0 Å². The Hall–Kier alpha value is -0.810. The molecule has 0 atom stereocenters. The third-order valence-corrected chi connectivity index (χ3v) is 3.33. The summed E-state index contributed by atoms with van der Waals surface area (Å²) < 4.78 is 0. The maximum absolute atomic E-state index is 11.9. The van der Waals surface area contributed by atoms with Crippen molar-refractivity contribution in [3.8, 4) is 0 Å². The molecule has 2 amide bonds. The molecule has 1 rings (SSSR count). The van der Waals surface area contributed by atoms with Crippen molar-refractivity contribution in [3.05, 3.63) is 0 Å². The standard InChI is InChI=1S/C14H29N3O2/c1-4-5-6-7-15-13(18)17-10-8-16(9-11-17)12-14(2,3)19/h19H,4-12H2,1-3H3,(H,15,18). The number of urea groups is 1. The Balaban J connectivity index is 2.20. The molecule has 0 aromatic heterocycles. The summed E-state index contributed by atoms with van der Waals surface area (Å²) in [6.07, 6.45) is 3.39. The number of rotatable bonds is 6. The van der Waals surface area contributed by atoms with Gasteiger partial charge in [-0.15, -0.1) is 0 Å². The van der Waals surface area contributed by atoms with Crippen molar-refractivity contribution in [1.82, 2.24) is 15.1 Å². The smallest absolute Gasteiger partial charge is 0.317 e. The molecule has 0 aromatic carbocycles. The second-order valence-corrected chi connectivity index (χ2v) is 6.01. The molecule has 0 unspecified atom stereocenters. The van der Waals surface area contributed by atoms with Gasteiger partial charge in [-0.1, -0.05) is 19.8 Å². The summed E-state index contributed by atoms with van der Waals surface area (Å²) in [4.78, 5) is 16.0. The Morgan fingerprint density at radius 1 is 1.21 bits per heavy atom. The third kappa shape index (κ3) is 6.78. The Bertz CT molecular complexity index is 268. The van der Waals surface area contributed by atoms with E-state index in [2.05, 4.69) is 17.1 Å². The van der Waals surface area contributed by atoms with E-state index in [4.69, 9.17) is 0 Å². The first kappa shape index (κ1) is 16.2. The number of nitrogens with zero attached hydrogens (tertiary/aromatic N) is 2. The van der Waals surface area contributed by atoms with Crippen molar-refractivity contribution in [3.63, 3.8) is 0 Å². The summed E-state index contributed by atoms with van der Waals surface area (Å²) >= 11 is 0. The molecule has 2 N–H and O–H groups in total. The van der Waals surface area contributed by atoms with E-state index in [1.54, 1.807) is 0 Å². The van der Waals surface area contributed by atoms with Crippen LogP contribution in [-0.2, 0) is 0 Å². The highest BCUT2D eigenvalue weighted by atomic mass is 16.3. The number of aliphatic hydroxyl groups is 1. The van der Waals surface area contributed by atoms with E-state index < -0.39 is 5.60 Å². The van der Waals surface area contributed by atoms with Gasteiger partial charge in [-0.25, -0.2) is 4.79 Å². The number of nitrogens with one attached hydrogen (secondary N) is 1. The molecule has 1 aliphatic heterocycles. The predicted octanol–water partition coefficient (Wildman–Crippen LogP) is 1.27. The molecule has 5 heteroatoms. The predicted molar refractivity (Wildman–Crippen MR) is 77.2 cm³/mol. The van der Waals surface area contributed by atoms with Gasteiger partial charge in [-0.3, -0.25) is 4.90 Å². The van der Waals surface area contributed by atoms with Gasteiger partial charge in [0.2, 0.25) is 0 Å². The molecular weight excluding hydrogens is 242 g/mol. The minimum Gasteiger partial charge on any atom is -0.389 e. The monoisotopic (exact) mass is 271 g/mol. The van der Waals surface area contributed by atoms with Crippen LogP contribution in [0.3, 0.4) is 0 Å². The van der Waals surface area contributed by atoms with Gasteiger partial charge in [-0.2, -0.15) is 0 Å². The lowest BCUT2D eigenvalue weighted by Crippen LogP contribution is -2.54. The Morgan fingerprint density at radius 2 is 1.84 bits per heavy atom. The number of hydrogen-bond acceptors (Lipinski definition) is 3. The summed E-state index contributed by atoms with van der Waals surface area (Å²) in [5.41, 5.74) is -0.662. The van der Waals surface area contributed by atoms with Crippen LogP contribution in [0.4, 0.5) is 4.79 Å².